The van der Waals surface area contributed by atoms with Crippen LogP contribution >= 0.6 is 11.3 Å². The number of thiazole rings is 1. The first-order valence-electron chi connectivity index (χ1n) is 5.46. The van der Waals surface area contributed by atoms with E-state index < -0.39 is 0 Å². The highest BCUT2D eigenvalue weighted by Crippen LogP contribution is 2.27. The molecule has 1 aliphatic heterocycles. The molecule has 0 atom stereocenters. The Balaban J connectivity index is 2.17. The Morgan fingerprint density at radius 3 is 3.20 bits per heavy atom. The van der Waals surface area contributed by atoms with E-state index in [4.69, 9.17) is 0 Å². The topological polar surface area (TPSA) is 29.3 Å². The SMILES string of the molecule is CC(C)c1cn2c3c(sc2n1)CNCC3. The van der Waals surface area contributed by atoms with Gasteiger partial charge >= 0.3 is 0 Å². The molecular formula is C11H15N3S. The van der Waals surface area contributed by atoms with E-state index in [1.165, 1.54) is 16.3 Å². The van der Waals surface area contributed by atoms with Crippen LogP contribution in [0.15, 0.2) is 6.20 Å². The molecule has 1 N–H and O–H groups in total. The highest BCUT2D eigenvalue weighted by atomic mass is 32.1. The van der Waals surface area contributed by atoms with Crippen LogP contribution in [0.1, 0.15) is 36.0 Å². The van der Waals surface area contributed by atoms with Crippen LogP contribution in [0.25, 0.3) is 4.96 Å². The van der Waals surface area contributed by atoms with E-state index in [2.05, 4.69) is 34.7 Å². The molecule has 0 aliphatic carbocycles. The van der Waals surface area contributed by atoms with Crippen LogP contribution in [0.2, 0.25) is 0 Å². The average molecular weight is 221 g/mol. The van der Waals surface area contributed by atoms with Gasteiger partial charge in [-0.2, -0.15) is 0 Å². The van der Waals surface area contributed by atoms with Gasteiger partial charge in [0.1, 0.15) is 0 Å². The number of nitrogens with one attached hydrogen (secondary N) is 1. The number of aromatic nitrogens is 2. The number of imidazole rings is 1. The standard InChI is InChI=1S/C11H15N3S/c1-7(2)8-6-14-9-3-4-12-5-10(9)15-11(14)13-8/h6-7,12H,3-5H2,1-2H3. The molecule has 3 rings (SSSR count). The van der Waals surface area contributed by atoms with Gasteiger partial charge in [-0.1, -0.05) is 25.2 Å². The van der Waals surface area contributed by atoms with Crippen LogP contribution in [-0.2, 0) is 13.0 Å². The molecular weight excluding hydrogens is 206 g/mol. The summed E-state index contributed by atoms with van der Waals surface area (Å²) >= 11 is 1.83. The minimum absolute atomic E-state index is 0.523. The summed E-state index contributed by atoms with van der Waals surface area (Å²) in [7, 11) is 0. The summed E-state index contributed by atoms with van der Waals surface area (Å²) in [6, 6.07) is 0. The third kappa shape index (κ3) is 1.40. The number of rotatable bonds is 1. The van der Waals surface area contributed by atoms with Crippen LogP contribution in [0.4, 0.5) is 0 Å². The predicted molar refractivity (Wildman–Crippen MR) is 62.6 cm³/mol. The molecule has 15 heavy (non-hydrogen) atoms. The Hall–Kier alpha value is -0.870. The van der Waals surface area contributed by atoms with E-state index in [1.54, 1.807) is 0 Å². The third-order valence-corrected chi connectivity index (χ3v) is 4.03. The van der Waals surface area contributed by atoms with Crippen molar-refractivity contribution in [2.45, 2.75) is 32.7 Å². The normalized spacial score (nSPS) is 16.2. The molecule has 0 bridgehead atoms. The Kier molecular flexibility index (Phi) is 2.07. The summed E-state index contributed by atoms with van der Waals surface area (Å²) in [4.78, 5) is 7.29. The van der Waals surface area contributed by atoms with Gasteiger partial charge in [0.2, 0.25) is 0 Å². The molecule has 0 aromatic carbocycles. The molecule has 80 valence electrons. The molecule has 1 aliphatic rings. The van der Waals surface area contributed by atoms with E-state index in [0.29, 0.717) is 5.92 Å². The summed E-state index contributed by atoms with van der Waals surface area (Å²) < 4.78 is 2.29. The van der Waals surface area contributed by atoms with Crippen molar-refractivity contribution in [3.63, 3.8) is 0 Å². The van der Waals surface area contributed by atoms with Crippen molar-refractivity contribution >= 4 is 16.3 Å². The number of hydrogen-bond acceptors (Lipinski definition) is 3. The van der Waals surface area contributed by atoms with E-state index in [9.17, 15) is 0 Å². The van der Waals surface area contributed by atoms with Crippen molar-refractivity contribution in [2.24, 2.45) is 0 Å². The van der Waals surface area contributed by atoms with Crippen molar-refractivity contribution in [2.75, 3.05) is 6.54 Å². The summed E-state index contributed by atoms with van der Waals surface area (Å²) in [5, 5.41) is 3.40. The number of nitrogens with zero attached hydrogens (tertiary/aromatic N) is 2. The Labute approximate surface area is 93.1 Å². The minimum Gasteiger partial charge on any atom is -0.311 e. The van der Waals surface area contributed by atoms with Crippen molar-refractivity contribution < 1.29 is 0 Å². The van der Waals surface area contributed by atoms with Gasteiger partial charge in [0.25, 0.3) is 0 Å². The van der Waals surface area contributed by atoms with Crippen molar-refractivity contribution in [1.82, 2.24) is 14.7 Å². The summed E-state index contributed by atoms with van der Waals surface area (Å²) in [5.41, 5.74) is 2.68. The van der Waals surface area contributed by atoms with Gasteiger partial charge in [0.05, 0.1) is 5.69 Å². The van der Waals surface area contributed by atoms with Crippen molar-refractivity contribution in [3.05, 3.63) is 22.5 Å². The van der Waals surface area contributed by atoms with Gasteiger partial charge in [-0.3, -0.25) is 4.40 Å². The molecule has 0 saturated heterocycles. The lowest BCUT2D eigenvalue weighted by Crippen LogP contribution is -2.23. The molecule has 0 saturated carbocycles. The lowest BCUT2D eigenvalue weighted by molar-refractivity contribution is 0.638. The number of fused-ring (bicyclic) bond motifs is 3. The smallest absolute Gasteiger partial charge is 0.194 e. The fourth-order valence-corrected chi connectivity index (χ4v) is 3.16. The highest BCUT2D eigenvalue weighted by Gasteiger charge is 2.17. The first-order chi connectivity index (χ1) is 7.25. The Morgan fingerprint density at radius 1 is 1.53 bits per heavy atom. The summed E-state index contributed by atoms with van der Waals surface area (Å²) in [6.07, 6.45) is 3.34. The molecule has 0 spiro atoms. The zero-order chi connectivity index (χ0) is 10.4. The molecule has 4 heteroatoms. The van der Waals surface area contributed by atoms with Crippen molar-refractivity contribution in [3.8, 4) is 0 Å². The summed E-state index contributed by atoms with van der Waals surface area (Å²) in [6.45, 7) is 6.50. The minimum atomic E-state index is 0.523. The largest absolute Gasteiger partial charge is 0.311 e. The number of hydrogen-bond donors (Lipinski definition) is 1. The molecule has 3 nitrogen and oxygen atoms in total. The van der Waals surface area contributed by atoms with E-state index in [0.717, 1.165) is 24.5 Å². The molecule has 3 heterocycles. The Morgan fingerprint density at radius 2 is 2.40 bits per heavy atom. The maximum atomic E-state index is 4.67. The van der Waals surface area contributed by atoms with E-state index in [1.807, 2.05) is 11.3 Å². The fourth-order valence-electron chi connectivity index (χ4n) is 2.03. The van der Waals surface area contributed by atoms with Crippen LogP contribution in [0.3, 0.4) is 0 Å². The second-order valence-electron chi connectivity index (χ2n) is 4.37. The fraction of sp³-hybridized carbons (Fsp3) is 0.545. The zero-order valence-electron chi connectivity index (χ0n) is 9.08. The van der Waals surface area contributed by atoms with Gasteiger partial charge in [-0.15, -0.1) is 0 Å². The maximum Gasteiger partial charge on any atom is 0.194 e. The molecule has 2 aromatic heterocycles. The first kappa shape index (κ1) is 9.36. The van der Waals surface area contributed by atoms with Crippen molar-refractivity contribution in [1.29, 1.82) is 0 Å². The zero-order valence-corrected chi connectivity index (χ0v) is 9.90. The predicted octanol–water partition coefficient (Wildman–Crippen LogP) is 2.16. The monoisotopic (exact) mass is 221 g/mol. The van der Waals surface area contributed by atoms with Crippen LogP contribution in [0.5, 0.6) is 0 Å². The van der Waals surface area contributed by atoms with Gasteiger partial charge in [0, 0.05) is 36.3 Å². The van der Waals surface area contributed by atoms with Gasteiger partial charge < -0.3 is 5.32 Å². The first-order valence-corrected chi connectivity index (χ1v) is 6.27. The van der Waals surface area contributed by atoms with Gasteiger partial charge in [-0.25, -0.2) is 4.98 Å². The molecule has 0 amide bonds. The second-order valence-corrected chi connectivity index (χ2v) is 5.43. The van der Waals surface area contributed by atoms with Gasteiger partial charge in [0.15, 0.2) is 4.96 Å². The average Bonchev–Trinajstić information content (AvgIpc) is 2.73. The van der Waals surface area contributed by atoms with Gasteiger partial charge in [-0.05, 0) is 5.92 Å². The highest BCUT2D eigenvalue weighted by molar-refractivity contribution is 7.17. The molecule has 0 fully saturated rings. The lowest BCUT2D eigenvalue weighted by Gasteiger charge is -2.11. The quantitative estimate of drug-likeness (QED) is 0.799. The van der Waals surface area contributed by atoms with Crippen LogP contribution < -0.4 is 5.32 Å². The third-order valence-electron chi connectivity index (χ3n) is 2.94. The molecule has 0 unspecified atom stereocenters. The summed E-state index contributed by atoms with van der Waals surface area (Å²) in [5.74, 6) is 0.523. The molecule has 2 aromatic rings. The maximum absolute atomic E-state index is 4.67. The van der Waals surface area contributed by atoms with E-state index in [-0.39, 0.29) is 0 Å². The Bertz CT molecular complexity index is 495. The lowest BCUT2D eigenvalue weighted by atomic mass is 10.1. The van der Waals surface area contributed by atoms with Crippen LogP contribution in [0, 0.1) is 0 Å². The molecule has 0 radical (unpaired) electrons. The van der Waals surface area contributed by atoms with E-state index >= 15 is 0 Å². The van der Waals surface area contributed by atoms with Crippen LogP contribution in [-0.4, -0.2) is 15.9 Å². The second kappa shape index (κ2) is 3.32.